The molecule has 0 spiro atoms. The van der Waals surface area contributed by atoms with Crippen molar-refractivity contribution in [3.8, 4) is 0 Å². The van der Waals surface area contributed by atoms with Crippen LogP contribution in [0.1, 0.15) is 53.4 Å². The van der Waals surface area contributed by atoms with Crippen LogP contribution < -0.4 is 0 Å². The molecular weight excluding hydrogens is 170 g/mol. The molecule has 14 heavy (non-hydrogen) atoms. The van der Waals surface area contributed by atoms with Crippen molar-refractivity contribution in [2.75, 3.05) is 20.1 Å². The summed E-state index contributed by atoms with van der Waals surface area (Å²) in [6.07, 6.45) is 5.44. The van der Waals surface area contributed by atoms with E-state index in [-0.39, 0.29) is 0 Å². The van der Waals surface area contributed by atoms with Crippen LogP contribution in [0.3, 0.4) is 0 Å². The van der Waals surface area contributed by atoms with Gasteiger partial charge in [0.05, 0.1) is 0 Å². The van der Waals surface area contributed by atoms with Crippen molar-refractivity contribution in [1.82, 2.24) is 4.90 Å². The molecule has 1 unspecified atom stereocenters. The van der Waals surface area contributed by atoms with E-state index >= 15 is 0 Å². The Balaban J connectivity index is 2.72. The van der Waals surface area contributed by atoms with Crippen LogP contribution in [0.5, 0.6) is 0 Å². The van der Waals surface area contributed by atoms with E-state index in [0.29, 0.717) is 10.8 Å². The molecule has 1 rings (SSSR count). The minimum Gasteiger partial charge on any atom is -0.306 e. The Morgan fingerprint density at radius 3 is 2.43 bits per heavy atom. The molecule has 1 fully saturated rings. The monoisotopic (exact) mass is 197 g/mol. The van der Waals surface area contributed by atoms with E-state index in [1.165, 1.54) is 38.8 Å². The molecule has 1 aliphatic rings. The molecule has 0 N–H and O–H groups in total. The minimum absolute atomic E-state index is 0.498. The molecule has 84 valence electrons. The summed E-state index contributed by atoms with van der Waals surface area (Å²) in [6, 6.07) is 0. The summed E-state index contributed by atoms with van der Waals surface area (Å²) in [4.78, 5) is 2.48. The van der Waals surface area contributed by atoms with E-state index in [9.17, 15) is 0 Å². The lowest BCUT2D eigenvalue weighted by Gasteiger charge is -2.44. The lowest BCUT2D eigenvalue weighted by molar-refractivity contribution is 0.0659. The highest BCUT2D eigenvalue weighted by atomic mass is 15.1. The SMILES string of the molecule is CCC(C)(C)C1(C)CCCN(C)CC1. The second-order valence-electron chi connectivity index (χ2n) is 5.95. The molecule has 0 saturated carbocycles. The number of rotatable bonds is 2. The summed E-state index contributed by atoms with van der Waals surface area (Å²) in [5.41, 5.74) is 1.05. The average Bonchev–Trinajstić information content (AvgIpc) is 2.30. The smallest absolute Gasteiger partial charge is 0.00164 e. The predicted octanol–water partition coefficient (Wildman–Crippen LogP) is 3.54. The second kappa shape index (κ2) is 4.22. The highest BCUT2D eigenvalue weighted by Crippen LogP contribution is 2.48. The van der Waals surface area contributed by atoms with Gasteiger partial charge >= 0.3 is 0 Å². The predicted molar refractivity (Wildman–Crippen MR) is 63.5 cm³/mol. The van der Waals surface area contributed by atoms with E-state index in [1.807, 2.05) is 0 Å². The molecule has 1 aliphatic heterocycles. The van der Waals surface area contributed by atoms with Crippen molar-refractivity contribution in [3.63, 3.8) is 0 Å². The van der Waals surface area contributed by atoms with Crippen LogP contribution in [-0.4, -0.2) is 25.0 Å². The van der Waals surface area contributed by atoms with Crippen molar-refractivity contribution >= 4 is 0 Å². The standard InChI is InChI=1S/C13H27N/c1-6-12(2,3)13(4)8-7-10-14(5)11-9-13/h6-11H2,1-5H3. The Morgan fingerprint density at radius 1 is 1.21 bits per heavy atom. The van der Waals surface area contributed by atoms with Gasteiger partial charge in [-0.1, -0.05) is 34.1 Å². The summed E-state index contributed by atoms with van der Waals surface area (Å²) in [7, 11) is 2.25. The Labute approximate surface area is 89.9 Å². The summed E-state index contributed by atoms with van der Waals surface area (Å²) in [6.45, 7) is 12.3. The lowest BCUT2D eigenvalue weighted by Crippen LogP contribution is -2.35. The Hall–Kier alpha value is -0.0400. The Bertz CT molecular complexity index is 186. The fourth-order valence-electron chi connectivity index (χ4n) is 2.52. The van der Waals surface area contributed by atoms with Crippen LogP contribution in [0.25, 0.3) is 0 Å². The first kappa shape index (κ1) is 12.0. The van der Waals surface area contributed by atoms with Crippen molar-refractivity contribution in [2.45, 2.75) is 53.4 Å². The zero-order chi connectivity index (χ0) is 10.8. The highest BCUT2D eigenvalue weighted by Gasteiger charge is 2.39. The van der Waals surface area contributed by atoms with Gasteiger partial charge in [0, 0.05) is 0 Å². The van der Waals surface area contributed by atoms with E-state index in [4.69, 9.17) is 0 Å². The van der Waals surface area contributed by atoms with Crippen LogP contribution in [0.2, 0.25) is 0 Å². The number of nitrogens with zero attached hydrogens (tertiary/aromatic N) is 1. The van der Waals surface area contributed by atoms with Gasteiger partial charge in [0.1, 0.15) is 0 Å². The summed E-state index contributed by atoms with van der Waals surface area (Å²) >= 11 is 0. The highest BCUT2D eigenvalue weighted by molar-refractivity contribution is 4.90. The van der Waals surface area contributed by atoms with E-state index in [1.54, 1.807) is 0 Å². The first-order valence-corrected chi connectivity index (χ1v) is 6.10. The molecule has 1 saturated heterocycles. The maximum Gasteiger partial charge on any atom is -0.00164 e. The van der Waals surface area contributed by atoms with Gasteiger partial charge in [-0.3, -0.25) is 0 Å². The van der Waals surface area contributed by atoms with Gasteiger partial charge in [-0.25, -0.2) is 0 Å². The van der Waals surface area contributed by atoms with Crippen LogP contribution >= 0.6 is 0 Å². The zero-order valence-corrected chi connectivity index (χ0v) is 10.7. The van der Waals surface area contributed by atoms with Gasteiger partial charge in [0.25, 0.3) is 0 Å². The van der Waals surface area contributed by atoms with Crippen molar-refractivity contribution in [2.24, 2.45) is 10.8 Å². The molecule has 0 radical (unpaired) electrons. The van der Waals surface area contributed by atoms with Crippen LogP contribution in [0, 0.1) is 10.8 Å². The molecule has 0 bridgehead atoms. The van der Waals surface area contributed by atoms with Gasteiger partial charge in [-0.15, -0.1) is 0 Å². The quantitative estimate of drug-likeness (QED) is 0.654. The normalized spacial score (nSPS) is 31.5. The maximum atomic E-state index is 2.50. The van der Waals surface area contributed by atoms with E-state index in [2.05, 4.69) is 39.6 Å². The maximum absolute atomic E-state index is 2.50. The van der Waals surface area contributed by atoms with Crippen LogP contribution in [0.4, 0.5) is 0 Å². The van der Waals surface area contributed by atoms with Crippen molar-refractivity contribution in [1.29, 1.82) is 0 Å². The average molecular weight is 197 g/mol. The Morgan fingerprint density at radius 2 is 1.86 bits per heavy atom. The Kier molecular flexibility index (Phi) is 3.63. The third kappa shape index (κ3) is 2.31. The second-order valence-corrected chi connectivity index (χ2v) is 5.95. The molecule has 1 atom stereocenters. The molecule has 1 heteroatoms. The number of hydrogen-bond acceptors (Lipinski definition) is 1. The third-order valence-electron chi connectivity index (χ3n) is 4.83. The fraction of sp³-hybridized carbons (Fsp3) is 1.00. The minimum atomic E-state index is 0.498. The first-order chi connectivity index (χ1) is 6.41. The van der Waals surface area contributed by atoms with E-state index < -0.39 is 0 Å². The molecule has 0 aromatic rings. The van der Waals surface area contributed by atoms with E-state index in [0.717, 1.165) is 0 Å². The largest absolute Gasteiger partial charge is 0.306 e. The molecule has 0 aromatic carbocycles. The van der Waals surface area contributed by atoms with Gasteiger partial charge in [-0.2, -0.15) is 0 Å². The molecule has 0 aromatic heterocycles. The molecule has 0 aliphatic carbocycles. The topological polar surface area (TPSA) is 3.24 Å². The molecule has 0 amide bonds. The molecule has 1 heterocycles. The summed E-state index contributed by atoms with van der Waals surface area (Å²) < 4.78 is 0. The summed E-state index contributed by atoms with van der Waals surface area (Å²) in [5, 5.41) is 0. The first-order valence-electron chi connectivity index (χ1n) is 6.10. The van der Waals surface area contributed by atoms with Gasteiger partial charge in [0.15, 0.2) is 0 Å². The van der Waals surface area contributed by atoms with Crippen molar-refractivity contribution < 1.29 is 0 Å². The van der Waals surface area contributed by atoms with Crippen LogP contribution in [-0.2, 0) is 0 Å². The molecule has 1 nitrogen and oxygen atoms in total. The van der Waals surface area contributed by atoms with Gasteiger partial charge in [0.2, 0.25) is 0 Å². The van der Waals surface area contributed by atoms with Crippen LogP contribution in [0.15, 0.2) is 0 Å². The zero-order valence-electron chi connectivity index (χ0n) is 10.7. The summed E-state index contributed by atoms with van der Waals surface area (Å²) in [5.74, 6) is 0. The number of likely N-dealkylation sites (tertiary alicyclic amines) is 1. The number of hydrogen-bond donors (Lipinski definition) is 0. The lowest BCUT2D eigenvalue weighted by atomic mass is 9.61. The fourth-order valence-corrected chi connectivity index (χ4v) is 2.52. The third-order valence-corrected chi connectivity index (χ3v) is 4.83. The molecular formula is C13H27N. The van der Waals surface area contributed by atoms with Gasteiger partial charge < -0.3 is 4.90 Å². The van der Waals surface area contributed by atoms with Crippen molar-refractivity contribution in [3.05, 3.63) is 0 Å². The van der Waals surface area contributed by atoms with Gasteiger partial charge in [-0.05, 0) is 50.2 Å².